The monoisotopic (exact) mass is 367 g/mol. The Morgan fingerprint density at radius 2 is 2.12 bits per heavy atom. The molecule has 0 saturated heterocycles. The van der Waals surface area contributed by atoms with Crippen LogP contribution in [0.15, 0.2) is 42.6 Å². The van der Waals surface area contributed by atoms with Crippen molar-refractivity contribution >= 4 is 18.6 Å². The van der Waals surface area contributed by atoms with Gasteiger partial charge in [0.25, 0.3) is 0 Å². The first-order chi connectivity index (χ1) is 12.3. The van der Waals surface area contributed by atoms with E-state index in [1.165, 1.54) is 0 Å². The van der Waals surface area contributed by atoms with Crippen molar-refractivity contribution in [1.82, 2.24) is 4.98 Å². The number of carbonyl (C=O) groups excluding carboxylic acids is 1. The van der Waals surface area contributed by atoms with E-state index < -0.39 is 5.12 Å². The first-order valence-corrected chi connectivity index (χ1v) is 8.97. The van der Waals surface area contributed by atoms with E-state index in [1.54, 1.807) is 13.1 Å². The molecule has 0 amide bonds. The molecule has 1 aromatic carbocycles. The number of thiol groups is 1. The Bertz CT molecular complexity index is 883. The largest absolute Gasteiger partial charge is 0.443 e. The van der Waals surface area contributed by atoms with Gasteiger partial charge in [-0.3, -0.25) is 4.79 Å². The quantitative estimate of drug-likeness (QED) is 0.376. The zero-order chi connectivity index (χ0) is 18.8. The summed E-state index contributed by atoms with van der Waals surface area (Å²) in [6.45, 7) is 5.90. The Kier molecular flexibility index (Phi) is 4.97. The number of carbonyl (C=O) groups is 1. The van der Waals surface area contributed by atoms with Crippen LogP contribution < -0.4 is 4.74 Å². The van der Waals surface area contributed by atoms with Gasteiger partial charge in [0.15, 0.2) is 0 Å². The molecule has 4 nitrogen and oxygen atoms in total. The summed E-state index contributed by atoms with van der Waals surface area (Å²) in [5, 5.41) is -1.26. The van der Waals surface area contributed by atoms with Gasteiger partial charge in [0.2, 0.25) is 0 Å². The molecule has 1 aromatic heterocycles. The van der Waals surface area contributed by atoms with Crippen molar-refractivity contribution in [3.63, 3.8) is 0 Å². The molecule has 1 atom stereocenters. The number of nitrogens with zero attached hydrogens (tertiary/aromatic N) is 1. The number of esters is 1. The number of ether oxygens (including phenoxy) is 2. The molecule has 1 unspecified atom stereocenters. The lowest BCUT2D eigenvalue weighted by Crippen LogP contribution is -2.45. The van der Waals surface area contributed by atoms with Gasteiger partial charge in [-0.05, 0) is 36.3 Å². The maximum Gasteiger partial charge on any atom is 0.309 e. The van der Waals surface area contributed by atoms with Crippen LogP contribution in [0.4, 0.5) is 0 Å². The van der Waals surface area contributed by atoms with E-state index in [9.17, 15) is 4.79 Å². The smallest absolute Gasteiger partial charge is 0.309 e. The highest BCUT2D eigenvalue weighted by molar-refractivity contribution is 7.81. The van der Waals surface area contributed by atoms with Gasteiger partial charge in [0.1, 0.15) is 11.4 Å². The summed E-state index contributed by atoms with van der Waals surface area (Å²) in [5.74, 6) is 6.52. The van der Waals surface area contributed by atoms with Gasteiger partial charge in [0, 0.05) is 35.6 Å². The Morgan fingerprint density at radius 3 is 2.81 bits per heavy atom. The zero-order valence-electron chi connectivity index (χ0n) is 15.1. The van der Waals surface area contributed by atoms with Crippen LogP contribution in [0.2, 0.25) is 0 Å². The SMILES string of the molecule is CCC(=O)OC1(S)CC(C)(C)c2cc(C#Cc3ccccn3)ccc2O1. The normalized spacial score (nSPS) is 20.2. The molecule has 0 saturated carbocycles. The summed E-state index contributed by atoms with van der Waals surface area (Å²) < 4.78 is 11.3. The van der Waals surface area contributed by atoms with Crippen LogP contribution >= 0.6 is 12.6 Å². The van der Waals surface area contributed by atoms with Gasteiger partial charge in [-0.25, -0.2) is 4.98 Å². The van der Waals surface area contributed by atoms with Crippen LogP contribution in [0.3, 0.4) is 0 Å². The minimum Gasteiger partial charge on any atom is -0.443 e. The van der Waals surface area contributed by atoms with Crippen molar-refractivity contribution in [2.24, 2.45) is 0 Å². The summed E-state index contributed by atoms with van der Waals surface area (Å²) in [5.41, 5.74) is 2.33. The summed E-state index contributed by atoms with van der Waals surface area (Å²) in [4.78, 5) is 15.9. The highest BCUT2D eigenvalue weighted by Crippen LogP contribution is 2.47. The van der Waals surface area contributed by atoms with Gasteiger partial charge >= 0.3 is 11.1 Å². The molecule has 0 spiro atoms. The van der Waals surface area contributed by atoms with E-state index in [0.717, 1.165) is 16.8 Å². The molecule has 0 radical (unpaired) electrons. The molecule has 0 fully saturated rings. The fourth-order valence-corrected chi connectivity index (χ4v) is 3.56. The summed E-state index contributed by atoms with van der Waals surface area (Å²) in [6.07, 6.45) is 2.44. The third kappa shape index (κ3) is 4.03. The fraction of sp³-hybridized carbons (Fsp3) is 0.333. The lowest BCUT2D eigenvalue weighted by atomic mass is 9.78. The molecule has 134 valence electrons. The first kappa shape index (κ1) is 18.3. The average Bonchev–Trinajstić information content (AvgIpc) is 2.60. The maximum atomic E-state index is 11.7. The van der Waals surface area contributed by atoms with Crippen LogP contribution in [0.1, 0.15) is 50.4 Å². The molecule has 0 bridgehead atoms. The van der Waals surface area contributed by atoms with Crippen molar-refractivity contribution in [2.75, 3.05) is 0 Å². The molecule has 0 aliphatic carbocycles. The fourth-order valence-electron chi connectivity index (χ4n) is 2.97. The van der Waals surface area contributed by atoms with Crippen LogP contribution in [-0.4, -0.2) is 16.1 Å². The van der Waals surface area contributed by atoms with Gasteiger partial charge in [-0.1, -0.05) is 45.4 Å². The zero-order valence-corrected chi connectivity index (χ0v) is 16.0. The molecule has 1 aliphatic rings. The highest BCUT2D eigenvalue weighted by atomic mass is 32.1. The van der Waals surface area contributed by atoms with Crippen molar-refractivity contribution in [2.45, 2.75) is 44.1 Å². The molecule has 5 heteroatoms. The lowest BCUT2D eigenvalue weighted by Gasteiger charge is -2.42. The van der Waals surface area contributed by atoms with E-state index in [1.807, 2.05) is 36.4 Å². The Balaban J connectivity index is 1.91. The second-order valence-corrected chi connectivity index (χ2v) is 7.56. The molecule has 26 heavy (non-hydrogen) atoms. The topological polar surface area (TPSA) is 48.4 Å². The van der Waals surface area contributed by atoms with E-state index in [0.29, 0.717) is 12.2 Å². The number of fused-ring (bicyclic) bond motifs is 1. The van der Waals surface area contributed by atoms with Crippen molar-refractivity contribution in [3.8, 4) is 17.6 Å². The van der Waals surface area contributed by atoms with Gasteiger partial charge in [0.05, 0.1) is 0 Å². The third-order valence-corrected chi connectivity index (χ3v) is 4.55. The van der Waals surface area contributed by atoms with Crippen LogP contribution in [0.25, 0.3) is 0 Å². The van der Waals surface area contributed by atoms with Gasteiger partial charge in [-0.15, -0.1) is 0 Å². The summed E-state index contributed by atoms with van der Waals surface area (Å²) in [6, 6.07) is 11.4. The van der Waals surface area contributed by atoms with E-state index in [-0.39, 0.29) is 17.8 Å². The minimum absolute atomic E-state index is 0.279. The van der Waals surface area contributed by atoms with E-state index in [4.69, 9.17) is 9.47 Å². The lowest BCUT2D eigenvalue weighted by molar-refractivity contribution is -0.176. The summed E-state index contributed by atoms with van der Waals surface area (Å²) in [7, 11) is 0. The van der Waals surface area contributed by atoms with Crippen molar-refractivity contribution < 1.29 is 14.3 Å². The number of hydrogen-bond donors (Lipinski definition) is 1. The predicted molar refractivity (Wildman–Crippen MR) is 103 cm³/mol. The first-order valence-electron chi connectivity index (χ1n) is 8.52. The van der Waals surface area contributed by atoms with E-state index in [2.05, 4.69) is 43.3 Å². The van der Waals surface area contributed by atoms with Crippen LogP contribution in [0.5, 0.6) is 5.75 Å². The standard InChI is InChI=1S/C21H21NO3S/c1-4-19(23)25-21(26)14-20(2,3)17-13-15(9-11-18(17)24-21)8-10-16-7-5-6-12-22-16/h5-7,9,11-13,26H,4,14H2,1-3H3. The van der Waals surface area contributed by atoms with Crippen molar-refractivity contribution in [3.05, 3.63) is 59.4 Å². The maximum absolute atomic E-state index is 11.7. The molecular weight excluding hydrogens is 346 g/mol. The molecule has 3 rings (SSSR count). The number of hydrogen-bond acceptors (Lipinski definition) is 5. The average molecular weight is 367 g/mol. The predicted octanol–water partition coefficient (Wildman–Crippen LogP) is 4.08. The second-order valence-electron chi connectivity index (χ2n) is 6.88. The van der Waals surface area contributed by atoms with Crippen molar-refractivity contribution in [1.29, 1.82) is 0 Å². The van der Waals surface area contributed by atoms with Gasteiger partial charge in [-0.2, -0.15) is 0 Å². The Morgan fingerprint density at radius 1 is 1.31 bits per heavy atom. The van der Waals surface area contributed by atoms with Gasteiger partial charge < -0.3 is 9.47 Å². The summed E-state index contributed by atoms with van der Waals surface area (Å²) >= 11 is 4.49. The molecule has 2 heterocycles. The third-order valence-electron chi connectivity index (χ3n) is 4.21. The number of pyridine rings is 1. The molecular formula is C21H21NO3S. The second kappa shape index (κ2) is 7.05. The Labute approximate surface area is 159 Å². The molecule has 1 aliphatic heterocycles. The van der Waals surface area contributed by atoms with E-state index >= 15 is 0 Å². The highest BCUT2D eigenvalue weighted by Gasteiger charge is 2.45. The number of aromatic nitrogens is 1. The molecule has 2 aromatic rings. The van der Waals surface area contributed by atoms with Crippen LogP contribution in [-0.2, 0) is 14.9 Å². The molecule has 0 N–H and O–H groups in total. The Hall–Kier alpha value is -2.45. The van der Waals surface area contributed by atoms with Crippen LogP contribution in [0, 0.1) is 11.8 Å². The number of benzene rings is 1. The minimum atomic E-state index is -1.26. The number of rotatable bonds is 2.